The SMILES string of the molecule is CCC[C@@H]1CCc2ccc3c(c21)CCO3.NC(=O)C[C@@H]1CCc2ccc3c(c21)CCO3. The molecule has 2 aromatic rings. The van der Waals surface area contributed by atoms with Gasteiger partial charge in [0.25, 0.3) is 0 Å². The highest BCUT2D eigenvalue weighted by molar-refractivity contribution is 5.75. The van der Waals surface area contributed by atoms with Crippen molar-refractivity contribution in [1.82, 2.24) is 0 Å². The van der Waals surface area contributed by atoms with Gasteiger partial charge in [0.2, 0.25) is 5.91 Å². The topological polar surface area (TPSA) is 61.5 Å². The fourth-order valence-electron chi connectivity index (χ4n) is 6.18. The molecule has 0 unspecified atom stereocenters. The molecule has 0 fully saturated rings. The van der Waals surface area contributed by atoms with Crippen molar-refractivity contribution in [2.75, 3.05) is 13.2 Å². The Kier molecular flexibility index (Phi) is 5.64. The summed E-state index contributed by atoms with van der Waals surface area (Å²) in [7, 11) is 0. The number of fused-ring (bicyclic) bond motifs is 6. The van der Waals surface area contributed by atoms with Crippen LogP contribution in [0, 0.1) is 0 Å². The molecule has 2 heterocycles. The molecule has 0 saturated heterocycles. The minimum atomic E-state index is -0.200. The van der Waals surface area contributed by atoms with Crippen LogP contribution in [0.1, 0.15) is 84.2 Å². The Hall–Kier alpha value is -2.49. The number of aryl methyl sites for hydroxylation is 2. The van der Waals surface area contributed by atoms with Gasteiger partial charge in [-0.3, -0.25) is 4.79 Å². The van der Waals surface area contributed by atoms with Crippen molar-refractivity contribution in [3.63, 3.8) is 0 Å². The number of hydrogen-bond acceptors (Lipinski definition) is 3. The number of carbonyl (C=O) groups is 1. The van der Waals surface area contributed by atoms with Gasteiger partial charge < -0.3 is 15.2 Å². The smallest absolute Gasteiger partial charge is 0.218 e. The number of ether oxygens (including phenoxy) is 2. The summed E-state index contributed by atoms with van der Waals surface area (Å²) in [6.45, 7) is 3.96. The lowest BCUT2D eigenvalue weighted by Gasteiger charge is -2.13. The van der Waals surface area contributed by atoms with E-state index in [1.807, 2.05) is 0 Å². The van der Waals surface area contributed by atoms with Crippen LogP contribution in [0.3, 0.4) is 0 Å². The van der Waals surface area contributed by atoms with Gasteiger partial charge in [0, 0.05) is 30.4 Å². The maximum Gasteiger partial charge on any atom is 0.218 e. The quantitative estimate of drug-likeness (QED) is 0.760. The molecule has 2 aliphatic heterocycles. The highest BCUT2D eigenvalue weighted by atomic mass is 16.5. The molecule has 4 heteroatoms. The predicted molar refractivity (Wildman–Crippen MR) is 122 cm³/mol. The van der Waals surface area contributed by atoms with Crippen molar-refractivity contribution in [2.24, 2.45) is 5.73 Å². The first kappa shape index (κ1) is 20.4. The van der Waals surface area contributed by atoms with E-state index < -0.39 is 0 Å². The zero-order valence-corrected chi connectivity index (χ0v) is 18.5. The molecular formula is C27H33NO3. The van der Waals surface area contributed by atoms with Crippen LogP contribution in [0.15, 0.2) is 24.3 Å². The first-order chi connectivity index (χ1) is 15.2. The fourth-order valence-corrected chi connectivity index (χ4v) is 6.18. The lowest BCUT2D eigenvalue weighted by atomic mass is 9.91. The van der Waals surface area contributed by atoms with Crippen molar-refractivity contribution in [3.05, 3.63) is 57.6 Å². The van der Waals surface area contributed by atoms with Crippen molar-refractivity contribution in [1.29, 1.82) is 0 Å². The average Bonchev–Trinajstić information content (AvgIpc) is 3.53. The van der Waals surface area contributed by atoms with Crippen LogP contribution in [-0.4, -0.2) is 19.1 Å². The van der Waals surface area contributed by atoms with Crippen molar-refractivity contribution >= 4 is 5.91 Å². The normalized spacial score (nSPS) is 21.8. The molecule has 2 atom stereocenters. The van der Waals surface area contributed by atoms with Crippen molar-refractivity contribution in [3.8, 4) is 11.5 Å². The summed E-state index contributed by atoms with van der Waals surface area (Å²) in [5.41, 5.74) is 14.2. The van der Waals surface area contributed by atoms with Gasteiger partial charge in [0.1, 0.15) is 11.5 Å². The molecule has 164 valence electrons. The van der Waals surface area contributed by atoms with E-state index >= 15 is 0 Å². The molecule has 2 N–H and O–H groups in total. The van der Waals surface area contributed by atoms with Crippen LogP contribution in [0.2, 0.25) is 0 Å². The average molecular weight is 420 g/mol. The van der Waals surface area contributed by atoms with E-state index in [-0.39, 0.29) is 5.91 Å². The van der Waals surface area contributed by atoms with E-state index in [9.17, 15) is 4.79 Å². The Morgan fingerprint density at radius 1 is 0.871 bits per heavy atom. The fraction of sp³-hybridized carbons (Fsp3) is 0.519. The molecular weight excluding hydrogens is 386 g/mol. The van der Waals surface area contributed by atoms with Gasteiger partial charge in [-0.25, -0.2) is 0 Å². The minimum Gasteiger partial charge on any atom is -0.493 e. The molecule has 6 rings (SSSR count). The molecule has 0 aromatic heterocycles. The van der Waals surface area contributed by atoms with E-state index in [2.05, 4.69) is 31.2 Å². The molecule has 2 aliphatic carbocycles. The molecule has 0 saturated carbocycles. The van der Waals surface area contributed by atoms with Crippen molar-refractivity contribution < 1.29 is 14.3 Å². The maximum absolute atomic E-state index is 11.1. The minimum absolute atomic E-state index is 0.200. The Balaban J connectivity index is 0.000000132. The summed E-state index contributed by atoms with van der Waals surface area (Å²) in [5.74, 6) is 3.12. The Labute approximate surface area is 185 Å². The van der Waals surface area contributed by atoms with Crippen LogP contribution in [-0.2, 0) is 30.5 Å². The summed E-state index contributed by atoms with van der Waals surface area (Å²) in [4.78, 5) is 11.1. The molecule has 31 heavy (non-hydrogen) atoms. The Bertz CT molecular complexity index is 994. The third-order valence-electron chi connectivity index (χ3n) is 7.45. The third-order valence-corrected chi connectivity index (χ3v) is 7.45. The first-order valence-corrected chi connectivity index (χ1v) is 12.0. The summed E-state index contributed by atoms with van der Waals surface area (Å²) in [6, 6.07) is 8.67. The van der Waals surface area contributed by atoms with E-state index in [1.165, 1.54) is 47.9 Å². The van der Waals surface area contributed by atoms with Gasteiger partial charge in [-0.2, -0.15) is 0 Å². The zero-order chi connectivity index (χ0) is 21.4. The lowest BCUT2D eigenvalue weighted by molar-refractivity contribution is -0.118. The van der Waals surface area contributed by atoms with Crippen molar-refractivity contribution in [2.45, 2.75) is 76.5 Å². The number of carbonyl (C=O) groups excluding carboxylic acids is 1. The molecule has 0 bridgehead atoms. The van der Waals surface area contributed by atoms with Crippen LogP contribution in [0.5, 0.6) is 11.5 Å². The Morgan fingerprint density at radius 2 is 1.42 bits per heavy atom. The van der Waals surface area contributed by atoms with Gasteiger partial charge in [0.05, 0.1) is 13.2 Å². The predicted octanol–water partition coefficient (Wildman–Crippen LogP) is 4.98. The molecule has 0 spiro atoms. The summed E-state index contributed by atoms with van der Waals surface area (Å²) >= 11 is 0. The summed E-state index contributed by atoms with van der Waals surface area (Å²) in [5, 5.41) is 0. The second kappa shape index (κ2) is 8.57. The number of amides is 1. The highest BCUT2D eigenvalue weighted by Crippen LogP contribution is 2.44. The number of nitrogens with two attached hydrogens (primary N) is 1. The molecule has 4 nitrogen and oxygen atoms in total. The van der Waals surface area contributed by atoms with Gasteiger partial charge in [-0.05, 0) is 78.3 Å². The second-order valence-corrected chi connectivity index (χ2v) is 9.36. The van der Waals surface area contributed by atoms with Crippen LogP contribution in [0.25, 0.3) is 0 Å². The third kappa shape index (κ3) is 3.81. The van der Waals surface area contributed by atoms with E-state index in [4.69, 9.17) is 15.2 Å². The lowest BCUT2D eigenvalue weighted by Crippen LogP contribution is -2.14. The van der Waals surface area contributed by atoms with E-state index in [1.54, 1.807) is 11.1 Å². The molecule has 2 aromatic carbocycles. The zero-order valence-electron chi connectivity index (χ0n) is 18.5. The molecule has 4 aliphatic rings. The van der Waals surface area contributed by atoms with Gasteiger partial charge in [-0.1, -0.05) is 25.5 Å². The second-order valence-electron chi connectivity index (χ2n) is 9.36. The summed E-state index contributed by atoms with van der Waals surface area (Å²) in [6.07, 6.45) is 10.0. The maximum atomic E-state index is 11.1. The monoisotopic (exact) mass is 419 g/mol. The van der Waals surface area contributed by atoms with E-state index in [0.717, 1.165) is 56.3 Å². The largest absolute Gasteiger partial charge is 0.493 e. The van der Waals surface area contributed by atoms with Crippen LogP contribution < -0.4 is 15.2 Å². The first-order valence-electron chi connectivity index (χ1n) is 12.0. The number of benzene rings is 2. The molecule has 0 radical (unpaired) electrons. The standard InChI is InChI=1S/C14H18O.C13H15NO2/c1-2-3-10-4-5-11-6-7-13-12(14(10)11)8-9-15-13;14-12(15)7-9-2-1-8-3-4-11-10(13(8)9)5-6-16-11/h6-7,10H,2-5,8-9H2,1H3;3-4,9H,1-2,5-7H2,(H2,14,15)/t10-;9-/m10/s1. The number of rotatable bonds is 4. The van der Waals surface area contributed by atoms with Crippen LogP contribution in [0.4, 0.5) is 0 Å². The number of primary amides is 1. The highest BCUT2D eigenvalue weighted by Gasteiger charge is 2.30. The Morgan fingerprint density at radius 3 is 1.97 bits per heavy atom. The number of hydrogen-bond donors (Lipinski definition) is 1. The summed E-state index contributed by atoms with van der Waals surface area (Å²) < 4.78 is 11.2. The van der Waals surface area contributed by atoms with Gasteiger partial charge in [-0.15, -0.1) is 0 Å². The van der Waals surface area contributed by atoms with E-state index in [0.29, 0.717) is 12.3 Å². The van der Waals surface area contributed by atoms with Gasteiger partial charge in [0.15, 0.2) is 0 Å². The molecule has 1 amide bonds. The van der Waals surface area contributed by atoms with Crippen LogP contribution >= 0.6 is 0 Å². The van der Waals surface area contributed by atoms with Gasteiger partial charge >= 0.3 is 0 Å².